The van der Waals surface area contributed by atoms with Crippen molar-refractivity contribution < 1.29 is 0 Å². The molecule has 1 rings (SSSR count). The maximum Gasteiger partial charge on any atom is 0.0322 e. The molecule has 0 spiro atoms. The van der Waals surface area contributed by atoms with Crippen LogP contribution < -0.4 is 5.53 Å². The minimum absolute atomic E-state index is 0.642. The van der Waals surface area contributed by atoms with Crippen molar-refractivity contribution in [3.8, 4) is 0 Å². The number of hydrogen-bond donors (Lipinski definition) is 1. The van der Waals surface area contributed by atoms with Crippen LogP contribution in [0.15, 0.2) is 38.0 Å². The van der Waals surface area contributed by atoms with E-state index in [0.717, 1.165) is 32.6 Å². The summed E-state index contributed by atoms with van der Waals surface area (Å²) in [6.07, 6.45) is 6.88. The first-order valence-electron chi connectivity index (χ1n) is 5.39. The van der Waals surface area contributed by atoms with Crippen LogP contribution in [0.5, 0.6) is 0 Å². The van der Waals surface area contributed by atoms with Crippen LogP contribution in [0, 0.1) is 5.92 Å². The second-order valence-electron chi connectivity index (χ2n) is 3.88. The first-order chi connectivity index (χ1) is 7.30. The molecule has 0 radical (unpaired) electrons. The van der Waals surface area contributed by atoms with Gasteiger partial charge in [-0.25, -0.2) is 10.0 Å². The van der Waals surface area contributed by atoms with Crippen molar-refractivity contribution in [2.45, 2.75) is 6.42 Å². The number of hydrogen-bond acceptors (Lipinski definition) is 3. The minimum Gasteiger partial charge on any atom is -0.227 e. The summed E-state index contributed by atoms with van der Waals surface area (Å²) in [7, 11) is 0. The van der Waals surface area contributed by atoms with Gasteiger partial charge in [-0.05, 0) is 12.3 Å². The van der Waals surface area contributed by atoms with E-state index in [1.54, 1.807) is 0 Å². The molecule has 1 fully saturated rings. The predicted molar refractivity (Wildman–Crippen MR) is 65.0 cm³/mol. The van der Waals surface area contributed by atoms with Gasteiger partial charge in [0.1, 0.15) is 0 Å². The van der Waals surface area contributed by atoms with Crippen molar-refractivity contribution in [2.24, 2.45) is 5.92 Å². The summed E-state index contributed by atoms with van der Waals surface area (Å²) >= 11 is 0. The van der Waals surface area contributed by atoms with Gasteiger partial charge in [-0.1, -0.05) is 18.2 Å². The second-order valence-corrected chi connectivity index (χ2v) is 3.88. The average molecular weight is 207 g/mol. The molecule has 1 aliphatic heterocycles. The van der Waals surface area contributed by atoms with Crippen molar-refractivity contribution in [1.82, 2.24) is 15.6 Å². The zero-order chi connectivity index (χ0) is 11.1. The van der Waals surface area contributed by atoms with E-state index in [1.807, 2.05) is 18.2 Å². The van der Waals surface area contributed by atoms with Gasteiger partial charge in [-0.15, -0.1) is 19.7 Å². The number of allylic oxidation sites excluding steroid dienone is 1. The zero-order valence-corrected chi connectivity index (χ0v) is 9.36. The minimum atomic E-state index is 0.642. The maximum absolute atomic E-state index is 3.80. The number of nitrogens with zero attached hydrogens (tertiary/aromatic N) is 2. The van der Waals surface area contributed by atoms with Crippen molar-refractivity contribution in [3.63, 3.8) is 0 Å². The van der Waals surface area contributed by atoms with Crippen molar-refractivity contribution >= 4 is 0 Å². The Hall–Kier alpha value is -0.900. The van der Waals surface area contributed by atoms with Crippen LogP contribution in [-0.4, -0.2) is 36.2 Å². The van der Waals surface area contributed by atoms with Crippen LogP contribution in [-0.2, 0) is 0 Å². The van der Waals surface area contributed by atoms with Gasteiger partial charge < -0.3 is 0 Å². The van der Waals surface area contributed by atoms with E-state index in [4.69, 9.17) is 0 Å². The summed E-state index contributed by atoms with van der Waals surface area (Å²) in [4.78, 5) is 0. The third-order valence-electron chi connectivity index (χ3n) is 2.44. The highest BCUT2D eigenvalue weighted by Crippen LogP contribution is 2.12. The zero-order valence-electron chi connectivity index (χ0n) is 9.36. The molecule has 0 bridgehead atoms. The van der Waals surface area contributed by atoms with Crippen LogP contribution in [0.25, 0.3) is 0 Å². The third kappa shape index (κ3) is 4.00. The summed E-state index contributed by atoms with van der Waals surface area (Å²) in [5, 5.41) is 4.35. The van der Waals surface area contributed by atoms with E-state index in [9.17, 15) is 0 Å². The molecule has 84 valence electrons. The van der Waals surface area contributed by atoms with Crippen molar-refractivity contribution in [2.75, 3.05) is 26.2 Å². The van der Waals surface area contributed by atoms with Crippen LogP contribution in [0.4, 0.5) is 0 Å². The molecule has 0 unspecified atom stereocenters. The molecule has 3 heteroatoms. The van der Waals surface area contributed by atoms with Gasteiger partial charge >= 0.3 is 0 Å². The average Bonchev–Trinajstić information content (AvgIpc) is 2.19. The Labute approximate surface area is 92.7 Å². The van der Waals surface area contributed by atoms with Crippen LogP contribution >= 0.6 is 0 Å². The van der Waals surface area contributed by atoms with Gasteiger partial charge in [-0.2, -0.15) is 5.53 Å². The standard InChI is InChI=1S/C12H21N3/c1-4-7-12-10-14(8-5-2)13-15(11-12)9-6-3/h4-6,12-13H,1-3,7-11H2. The summed E-state index contributed by atoms with van der Waals surface area (Å²) in [6.45, 7) is 15.1. The molecular weight excluding hydrogens is 186 g/mol. The molecule has 0 aliphatic carbocycles. The van der Waals surface area contributed by atoms with Gasteiger partial charge in [0, 0.05) is 26.2 Å². The van der Waals surface area contributed by atoms with E-state index in [-0.39, 0.29) is 0 Å². The fourth-order valence-corrected chi connectivity index (χ4v) is 1.89. The Morgan fingerprint density at radius 1 is 1.00 bits per heavy atom. The molecule has 1 aliphatic rings. The Balaban J connectivity index is 2.50. The Morgan fingerprint density at radius 2 is 1.53 bits per heavy atom. The maximum atomic E-state index is 3.80. The lowest BCUT2D eigenvalue weighted by atomic mass is 10.0. The normalized spacial score (nSPS) is 20.0. The first-order valence-corrected chi connectivity index (χ1v) is 5.39. The molecule has 1 saturated heterocycles. The van der Waals surface area contributed by atoms with Crippen LogP contribution in [0.3, 0.4) is 0 Å². The molecule has 0 aromatic heterocycles. The van der Waals surface area contributed by atoms with E-state index >= 15 is 0 Å². The van der Waals surface area contributed by atoms with Gasteiger partial charge in [0.15, 0.2) is 0 Å². The van der Waals surface area contributed by atoms with Gasteiger partial charge in [0.2, 0.25) is 0 Å². The van der Waals surface area contributed by atoms with E-state index in [1.165, 1.54) is 0 Å². The summed E-state index contributed by atoms with van der Waals surface area (Å²) in [6, 6.07) is 0. The molecule has 3 nitrogen and oxygen atoms in total. The van der Waals surface area contributed by atoms with Gasteiger partial charge in [-0.3, -0.25) is 0 Å². The largest absolute Gasteiger partial charge is 0.227 e. The highest BCUT2D eigenvalue weighted by molar-refractivity contribution is 4.84. The quantitative estimate of drug-likeness (QED) is 0.667. The Morgan fingerprint density at radius 3 is 1.93 bits per heavy atom. The molecular formula is C12H21N3. The van der Waals surface area contributed by atoms with Gasteiger partial charge in [0.05, 0.1) is 0 Å². The summed E-state index contributed by atoms with van der Waals surface area (Å²) < 4.78 is 0. The second kappa shape index (κ2) is 6.56. The summed E-state index contributed by atoms with van der Waals surface area (Å²) in [5.74, 6) is 0.642. The molecule has 0 amide bonds. The summed E-state index contributed by atoms with van der Waals surface area (Å²) in [5.41, 5.74) is 3.33. The smallest absolute Gasteiger partial charge is 0.0322 e. The van der Waals surface area contributed by atoms with E-state index in [2.05, 4.69) is 35.3 Å². The third-order valence-corrected chi connectivity index (χ3v) is 2.44. The first kappa shape index (κ1) is 12.2. The van der Waals surface area contributed by atoms with E-state index < -0.39 is 0 Å². The van der Waals surface area contributed by atoms with Crippen molar-refractivity contribution in [1.29, 1.82) is 0 Å². The lowest BCUT2D eigenvalue weighted by Gasteiger charge is -2.39. The van der Waals surface area contributed by atoms with E-state index in [0.29, 0.717) is 5.92 Å². The lowest BCUT2D eigenvalue weighted by molar-refractivity contribution is -0.0283. The van der Waals surface area contributed by atoms with Crippen LogP contribution in [0.2, 0.25) is 0 Å². The Bertz CT molecular complexity index is 181. The topological polar surface area (TPSA) is 18.5 Å². The van der Waals surface area contributed by atoms with Crippen LogP contribution in [0.1, 0.15) is 6.42 Å². The lowest BCUT2D eigenvalue weighted by Crippen LogP contribution is -2.58. The monoisotopic (exact) mass is 207 g/mol. The number of rotatable bonds is 6. The number of nitrogens with one attached hydrogen (secondary N) is 1. The molecule has 15 heavy (non-hydrogen) atoms. The fraction of sp³-hybridized carbons (Fsp3) is 0.500. The van der Waals surface area contributed by atoms with Gasteiger partial charge in [0.25, 0.3) is 0 Å². The highest BCUT2D eigenvalue weighted by atomic mass is 15.8. The SMILES string of the molecule is C=CCC1CN(CC=C)NN(CC=C)C1. The molecule has 0 aromatic rings. The molecule has 0 saturated carbocycles. The Kier molecular flexibility index (Phi) is 5.32. The molecule has 0 atom stereocenters. The number of hydrazine groups is 2. The fourth-order valence-electron chi connectivity index (χ4n) is 1.89. The predicted octanol–water partition coefficient (Wildman–Crippen LogP) is 1.59. The molecule has 1 N–H and O–H groups in total. The van der Waals surface area contributed by atoms with Crippen molar-refractivity contribution in [3.05, 3.63) is 38.0 Å². The highest BCUT2D eigenvalue weighted by Gasteiger charge is 2.22. The molecule has 0 aromatic carbocycles. The molecule has 1 heterocycles.